The fraction of sp³-hybridized carbons (Fsp3) is 0.548. The first-order chi connectivity index (χ1) is 19.8. The number of hydrogen-bond donors (Lipinski definition) is 0. The molecule has 3 heterocycles. The van der Waals surface area contributed by atoms with Gasteiger partial charge in [-0.2, -0.15) is 0 Å². The molecule has 0 spiro atoms. The van der Waals surface area contributed by atoms with Gasteiger partial charge in [0.05, 0.1) is 24.3 Å². The van der Waals surface area contributed by atoms with Crippen LogP contribution in [0, 0.1) is 0 Å². The highest BCUT2D eigenvalue weighted by molar-refractivity contribution is 7.18. The Morgan fingerprint density at radius 2 is 1.88 bits per heavy atom. The zero-order valence-electron chi connectivity index (χ0n) is 24.1. The number of methoxy groups -OCH3 is 2. The number of hydrogen-bond acceptors (Lipinski definition) is 8. The van der Waals surface area contributed by atoms with Gasteiger partial charge in [0.15, 0.2) is 11.8 Å². The highest BCUT2D eigenvalue weighted by Gasteiger charge is 2.60. The average molecular weight is 601 g/mol. The van der Waals surface area contributed by atoms with Crippen LogP contribution in [0.3, 0.4) is 0 Å². The van der Waals surface area contributed by atoms with Gasteiger partial charge >= 0.3 is 0 Å². The van der Waals surface area contributed by atoms with Crippen LogP contribution in [-0.4, -0.2) is 65.4 Å². The van der Waals surface area contributed by atoms with Crippen molar-refractivity contribution in [3.8, 4) is 22.1 Å². The minimum Gasteiger partial charge on any atom is -0.497 e. The maximum absolute atomic E-state index is 17.1. The van der Waals surface area contributed by atoms with Crippen molar-refractivity contribution in [3.63, 3.8) is 0 Å². The summed E-state index contributed by atoms with van der Waals surface area (Å²) in [6.07, 6.45) is 4.72. The van der Waals surface area contributed by atoms with Crippen molar-refractivity contribution in [3.05, 3.63) is 53.1 Å². The zero-order chi connectivity index (χ0) is 28.8. The third-order valence-corrected chi connectivity index (χ3v) is 10.4. The van der Waals surface area contributed by atoms with Crippen LogP contribution >= 0.6 is 22.9 Å². The van der Waals surface area contributed by atoms with Gasteiger partial charge in [0.25, 0.3) is 0 Å². The Morgan fingerprint density at radius 3 is 2.59 bits per heavy atom. The molecule has 6 rings (SSSR count). The number of fused-ring (bicyclic) bond motifs is 2. The molecule has 2 saturated heterocycles. The second-order valence-corrected chi connectivity index (χ2v) is 13.4. The van der Waals surface area contributed by atoms with E-state index in [4.69, 9.17) is 25.8 Å². The van der Waals surface area contributed by atoms with E-state index in [-0.39, 0.29) is 24.4 Å². The van der Waals surface area contributed by atoms with Crippen molar-refractivity contribution in [2.24, 2.45) is 0 Å². The summed E-state index contributed by atoms with van der Waals surface area (Å²) in [7, 11) is 3.25. The third kappa shape index (κ3) is 5.42. The van der Waals surface area contributed by atoms with Gasteiger partial charge < -0.3 is 19.1 Å². The molecule has 3 aromatic rings. The predicted molar refractivity (Wildman–Crippen MR) is 161 cm³/mol. The molecule has 10 heteroatoms. The Bertz CT molecular complexity index is 1370. The molecule has 1 aliphatic carbocycles. The summed E-state index contributed by atoms with van der Waals surface area (Å²) in [6.45, 7) is 5.28. The summed E-state index contributed by atoms with van der Waals surface area (Å²) < 4.78 is 33.3. The molecule has 0 unspecified atom stereocenters. The molecule has 3 fully saturated rings. The first-order valence-corrected chi connectivity index (χ1v) is 15.5. The van der Waals surface area contributed by atoms with Gasteiger partial charge in [0, 0.05) is 30.3 Å². The molecule has 0 amide bonds. The summed E-state index contributed by atoms with van der Waals surface area (Å²) in [5.41, 5.74) is 1.28. The summed E-state index contributed by atoms with van der Waals surface area (Å²) in [4.78, 5) is 4.72. The van der Waals surface area contributed by atoms with E-state index in [0.29, 0.717) is 10.8 Å². The molecule has 0 radical (unpaired) electrons. The SMILES string of the molecule is COCOc1cc(Cl)ccc1-c1nnc(N(C2CC2)[C@H]2C[C@]3(C)CCC[C@](C)([C@H]2F)N3Cc2ccc(OC)cc2)s1. The number of alkyl halides is 1. The number of benzene rings is 2. The van der Waals surface area contributed by atoms with Crippen LogP contribution in [0.15, 0.2) is 42.5 Å². The maximum Gasteiger partial charge on any atom is 0.209 e. The summed E-state index contributed by atoms with van der Waals surface area (Å²) >= 11 is 7.73. The van der Waals surface area contributed by atoms with Gasteiger partial charge in [-0.05, 0) is 88.3 Å². The van der Waals surface area contributed by atoms with E-state index in [0.717, 1.165) is 66.5 Å². The molecule has 41 heavy (non-hydrogen) atoms. The van der Waals surface area contributed by atoms with E-state index in [2.05, 4.69) is 46.0 Å². The normalized spacial score (nSPS) is 28.0. The third-order valence-electron chi connectivity index (χ3n) is 9.19. The van der Waals surface area contributed by atoms with Crippen LogP contribution in [0.2, 0.25) is 5.02 Å². The molecule has 220 valence electrons. The Morgan fingerprint density at radius 1 is 1.10 bits per heavy atom. The zero-order valence-corrected chi connectivity index (χ0v) is 25.7. The topological polar surface area (TPSA) is 60.0 Å². The lowest BCUT2D eigenvalue weighted by atomic mass is 9.65. The maximum atomic E-state index is 17.1. The Hall–Kier alpha value is -2.46. The molecule has 0 N–H and O–H groups in total. The molecule has 3 aliphatic rings. The summed E-state index contributed by atoms with van der Waals surface area (Å²) in [5, 5.41) is 11.2. The van der Waals surface area contributed by atoms with Crippen molar-refractivity contribution < 1.29 is 18.6 Å². The van der Waals surface area contributed by atoms with Gasteiger partial charge in [0.1, 0.15) is 17.7 Å². The lowest BCUT2D eigenvalue weighted by molar-refractivity contribution is -0.139. The minimum atomic E-state index is -1.03. The smallest absolute Gasteiger partial charge is 0.209 e. The molecular weight excluding hydrogens is 563 g/mol. The molecule has 1 aromatic heterocycles. The van der Waals surface area contributed by atoms with E-state index in [1.165, 1.54) is 16.9 Å². The predicted octanol–water partition coefficient (Wildman–Crippen LogP) is 7.13. The van der Waals surface area contributed by atoms with Crippen molar-refractivity contribution in [2.75, 3.05) is 25.9 Å². The van der Waals surface area contributed by atoms with E-state index < -0.39 is 11.7 Å². The highest BCUT2D eigenvalue weighted by Crippen LogP contribution is 2.53. The number of aromatic nitrogens is 2. The van der Waals surface area contributed by atoms with Crippen molar-refractivity contribution in [2.45, 2.75) is 88.3 Å². The van der Waals surface area contributed by atoms with Crippen molar-refractivity contribution >= 4 is 28.1 Å². The number of ether oxygens (including phenoxy) is 3. The fourth-order valence-corrected chi connectivity index (χ4v) is 8.14. The van der Waals surface area contributed by atoms with Gasteiger partial charge in [-0.3, -0.25) is 4.90 Å². The molecule has 7 nitrogen and oxygen atoms in total. The van der Waals surface area contributed by atoms with Crippen LogP contribution in [0.1, 0.15) is 57.9 Å². The van der Waals surface area contributed by atoms with E-state index in [1.54, 1.807) is 20.3 Å². The number of anilines is 1. The monoisotopic (exact) mass is 600 g/mol. The molecule has 2 aliphatic heterocycles. The van der Waals surface area contributed by atoms with E-state index >= 15 is 4.39 Å². The largest absolute Gasteiger partial charge is 0.497 e. The van der Waals surface area contributed by atoms with Crippen LogP contribution in [-0.2, 0) is 11.3 Å². The van der Waals surface area contributed by atoms with Crippen molar-refractivity contribution in [1.29, 1.82) is 0 Å². The van der Waals surface area contributed by atoms with Crippen LogP contribution in [0.5, 0.6) is 11.5 Å². The first kappa shape index (κ1) is 28.6. The van der Waals surface area contributed by atoms with Gasteiger partial charge in [-0.25, -0.2) is 4.39 Å². The molecule has 1 saturated carbocycles. The quantitative estimate of drug-likeness (QED) is 0.229. The molecular formula is C31H38ClFN4O3S. The lowest BCUT2D eigenvalue weighted by Gasteiger charge is -2.63. The number of piperidine rings is 2. The standard InChI is InChI=1S/C31H38ClFN4O3S/c1-30-14-5-15-31(2,36(30)18-20-6-11-23(39-4)12-7-20)27(33)25(17-30)37(22-9-10-22)29-35-34-28(41-29)24-13-8-21(32)16-26(24)40-19-38-3/h6-8,11-13,16,22,25,27H,5,9-10,14-15,17-19H2,1-4H3/t25-,27-,30-,31+/m0/s1. The lowest BCUT2D eigenvalue weighted by Crippen LogP contribution is -2.74. The second kappa shape index (κ2) is 11.3. The first-order valence-electron chi connectivity index (χ1n) is 14.3. The minimum absolute atomic E-state index is 0.100. The molecule has 4 atom stereocenters. The summed E-state index contributed by atoms with van der Waals surface area (Å²) in [6, 6.07) is 13.7. The average Bonchev–Trinajstić information content (AvgIpc) is 3.69. The Balaban J connectivity index is 1.30. The molecule has 2 aromatic carbocycles. The fourth-order valence-electron chi connectivity index (χ4n) is 6.97. The van der Waals surface area contributed by atoms with Crippen LogP contribution in [0.25, 0.3) is 10.6 Å². The highest BCUT2D eigenvalue weighted by atomic mass is 35.5. The van der Waals surface area contributed by atoms with Gasteiger partial charge in [-0.15, -0.1) is 10.2 Å². The Labute approximate surface area is 250 Å². The van der Waals surface area contributed by atoms with E-state index in [9.17, 15) is 0 Å². The van der Waals surface area contributed by atoms with Crippen molar-refractivity contribution in [1.82, 2.24) is 15.1 Å². The second-order valence-electron chi connectivity index (χ2n) is 12.0. The molecule has 2 bridgehead atoms. The van der Waals surface area contributed by atoms with Gasteiger partial charge in [0.2, 0.25) is 5.13 Å². The Kier molecular flexibility index (Phi) is 7.91. The van der Waals surface area contributed by atoms with Gasteiger partial charge in [-0.1, -0.05) is 35.1 Å². The van der Waals surface area contributed by atoms with Crippen LogP contribution in [0.4, 0.5) is 9.52 Å². The van der Waals surface area contributed by atoms with Crippen LogP contribution < -0.4 is 14.4 Å². The summed E-state index contributed by atoms with van der Waals surface area (Å²) in [5.74, 6) is 1.42. The van der Waals surface area contributed by atoms with E-state index in [1.807, 2.05) is 24.3 Å². The number of halogens is 2. The number of rotatable bonds is 10. The number of nitrogens with zero attached hydrogens (tertiary/aromatic N) is 4.